The molecule has 0 aromatic carbocycles. The second-order valence-corrected chi connectivity index (χ2v) is 6.14. The Balaban J connectivity index is 2.20. The fraction of sp³-hybridized carbons (Fsp3) is 0.400. The molecule has 9 nitrogen and oxygen atoms in total. The fourth-order valence-corrected chi connectivity index (χ4v) is 2.90. The topological polar surface area (TPSA) is 156 Å². The second kappa shape index (κ2) is 5.03. The van der Waals surface area contributed by atoms with E-state index in [1.807, 2.05) is 6.07 Å². The van der Waals surface area contributed by atoms with Crippen LogP contribution in [0.2, 0.25) is 0 Å². The van der Waals surface area contributed by atoms with Gasteiger partial charge in [0, 0.05) is 18.9 Å². The monoisotopic (exact) mass is 296 g/mol. The average molecular weight is 296 g/mol. The highest BCUT2D eigenvalue weighted by Gasteiger charge is 2.34. The summed E-state index contributed by atoms with van der Waals surface area (Å²) in [6.45, 7) is 0.153. The zero-order valence-corrected chi connectivity index (χ0v) is 11.2. The smallest absolute Gasteiger partial charge is 0.234 e. The van der Waals surface area contributed by atoms with Gasteiger partial charge >= 0.3 is 0 Å². The summed E-state index contributed by atoms with van der Waals surface area (Å²) >= 11 is 0. The molecule has 2 heterocycles. The number of carbonyl (C=O) groups is 1. The van der Waals surface area contributed by atoms with Gasteiger partial charge in [-0.05, 0) is 0 Å². The molecule has 1 saturated heterocycles. The van der Waals surface area contributed by atoms with Crippen molar-refractivity contribution in [3.63, 3.8) is 0 Å². The minimum Gasteiger partial charge on any atom is -0.382 e. The molecule has 1 fully saturated rings. The number of rotatable bonds is 3. The molecule has 10 heteroatoms. The van der Waals surface area contributed by atoms with Crippen molar-refractivity contribution in [3.8, 4) is 6.07 Å². The van der Waals surface area contributed by atoms with Gasteiger partial charge in [-0.25, -0.2) is 18.5 Å². The minimum absolute atomic E-state index is 0.0276. The standard InChI is InChI=1S/C10H12N6O3S/c11-2-7-3-14-10(15-9(7)12)16-4-6(1-8(16)17)5-20(13,18)19/h3,6H,1,4-5H2,(H2,12,14,15)(H2,13,18,19). The molecule has 1 aromatic heterocycles. The fourth-order valence-electron chi connectivity index (χ4n) is 2.02. The number of carbonyl (C=O) groups excluding carboxylic acids is 1. The summed E-state index contributed by atoms with van der Waals surface area (Å²) < 4.78 is 22.1. The Bertz CT molecular complexity index is 695. The van der Waals surface area contributed by atoms with Crippen LogP contribution in [0.15, 0.2) is 6.20 Å². The van der Waals surface area contributed by atoms with E-state index in [0.717, 1.165) is 0 Å². The molecule has 1 unspecified atom stereocenters. The Hall–Kier alpha value is -2.25. The van der Waals surface area contributed by atoms with E-state index in [9.17, 15) is 13.2 Å². The van der Waals surface area contributed by atoms with Crippen LogP contribution < -0.4 is 15.8 Å². The SMILES string of the molecule is N#Cc1cnc(N2CC(CS(N)(=O)=O)CC2=O)nc1N. The molecule has 20 heavy (non-hydrogen) atoms. The summed E-state index contributed by atoms with van der Waals surface area (Å²) in [7, 11) is -3.64. The summed E-state index contributed by atoms with van der Waals surface area (Å²) in [4.78, 5) is 20.8. The number of sulfonamides is 1. The van der Waals surface area contributed by atoms with Gasteiger partial charge < -0.3 is 5.73 Å². The molecule has 1 atom stereocenters. The number of hydrogen-bond donors (Lipinski definition) is 2. The van der Waals surface area contributed by atoms with E-state index in [2.05, 4.69) is 9.97 Å². The number of aromatic nitrogens is 2. The van der Waals surface area contributed by atoms with Crippen molar-refractivity contribution in [2.45, 2.75) is 6.42 Å². The van der Waals surface area contributed by atoms with Crippen molar-refractivity contribution in [2.75, 3.05) is 22.9 Å². The number of hydrogen-bond acceptors (Lipinski definition) is 7. The first kappa shape index (κ1) is 14.2. The highest BCUT2D eigenvalue weighted by atomic mass is 32.2. The van der Waals surface area contributed by atoms with Crippen molar-refractivity contribution in [1.82, 2.24) is 9.97 Å². The van der Waals surface area contributed by atoms with Crippen molar-refractivity contribution in [2.24, 2.45) is 11.1 Å². The van der Waals surface area contributed by atoms with E-state index >= 15 is 0 Å². The van der Waals surface area contributed by atoms with Crippen LogP contribution in [-0.4, -0.2) is 36.6 Å². The van der Waals surface area contributed by atoms with Gasteiger partial charge in [-0.2, -0.15) is 10.2 Å². The van der Waals surface area contributed by atoms with Gasteiger partial charge in [-0.1, -0.05) is 0 Å². The van der Waals surface area contributed by atoms with Gasteiger partial charge in [-0.15, -0.1) is 0 Å². The average Bonchev–Trinajstić information content (AvgIpc) is 2.67. The molecule has 2 rings (SSSR count). The van der Waals surface area contributed by atoms with Gasteiger partial charge in [0.25, 0.3) is 0 Å². The first-order valence-electron chi connectivity index (χ1n) is 5.63. The number of anilines is 2. The molecule has 4 N–H and O–H groups in total. The first-order valence-corrected chi connectivity index (χ1v) is 7.35. The number of nitrogens with zero attached hydrogens (tertiary/aromatic N) is 4. The van der Waals surface area contributed by atoms with Crippen molar-refractivity contribution in [1.29, 1.82) is 5.26 Å². The van der Waals surface area contributed by atoms with Crippen molar-refractivity contribution in [3.05, 3.63) is 11.8 Å². The second-order valence-electron chi connectivity index (χ2n) is 4.48. The lowest BCUT2D eigenvalue weighted by atomic mass is 10.1. The number of nitrogen functional groups attached to an aromatic ring is 1. The third-order valence-electron chi connectivity index (χ3n) is 2.84. The Morgan fingerprint density at radius 3 is 2.80 bits per heavy atom. The third-order valence-corrected chi connectivity index (χ3v) is 3.78. The summed E-state index contributed by atoms with van der Waals surface area (Å²) in [5, 5.41) is 13.7. The van der Waals surface area contributed by atoms with E-state index in [4.69, 9.17) is 16.1 Å². The van der Waals surface area contributed by atoms with Gasteiger partial charge in [0.1, 0.15) is 17.5 Å². The van der Waals surface area contributed by atoms with Gasteiger partial charge in [0.05, 0.1) is 11.9 Å². The van der Waals surface area contributed by atoms with Gasteiger partial charge in [0.15, 0.2) is 0 Å². The van der Waals surface area contributed by atoms with Gasteiger partial charge in [-0.3, -0.25) is 9.69 Å². The Kier molecular flexibility index (Phi) is 3.56. The summed E-state index contributed by atoms with van der Waals surface area (Å²) in [5.41, 5.74) is 5.67. The van der Waals surface area contributed by atoms with Gasteiger partial charge in [0.2, 0.25) is 21.9 Å². The Labute approximate surface area is 115 Å². The molecule has 0 saturated carbocycles. The Morgan fingerprint density at radius 2 is 2.25 bits per heavy atom. The predicted octanol–water partition coefficient (Wildman–Crippen LogP) is -1.43. The molecule has 106 valence electrons. The highest BCUT2D eigenvalue weighted by Crippen LogP contribution is 2.23. The van der Waals surface area contributed by atoms with E-state index in [-0.39, 0.29) is 42.0 Å². The van der Waals surface area contributed by atoms with Crippen LogP contribution in [0, 0.1) is 17.2 Å². The lowest BCUT2D eigenvalue weighted by Crippen LogP contribution is -2.29. The zero-order chi connectivity index (χ0) is 14.9. The molecule has 0 aliphatic carbocycles. The lowest BCUT2D eigenvalue weighted by Gasteiger charge is -2.14. The number of nitriles is 1. The van der Waals surface area contributed by atoms with Crippen LogP contribution in [0.1, 0.15) is 12.0 Å². The van der Waals surface area contributed by atoms with Crippen molar-refractivity contribution >= 4 is 27.7 Å². The largest absolute Gasteiger partial charge is 0.382 e. The lowest BCUT2D eigenvalue weighted by molar-refractivity contribution is -0.117. The molecule has 0 radical (unpaired) electrons. The molecular formula is C10H12N6O3S. The molecule has 1 aromatic rings. The van der Waals surface area contributed by atoms with E-state index < -0.39 is 15.9 Å². The normalized spacial score (nSPS) is 19.1. The highest BCUT2D eigenvalue weighted by molar-refractivity contribution is 7.89. The quantitative estimate of drug-likeness (QED) is 0.692. The summed E-state index contributed by atoms with van der Waals surface area (Å²) in [5.74, 6) is -0.953. The summed E-state index contributed by atoms with van der Waals surface area (Å²) in [6, 6.07) is 1.81. The number of amides is 1. The maximum absolute atomic E-state index is 11.8. The van der Waals surface area contributed by atoms with Crippen molar-refractivity contribution < 1.29 is 13.2 Å². The molecule has 1 amide bonds. The zero-order valence-electron chi connectivity index (χ0n) is 10.4. The third kappa shape index (κ3) is 3.01. The van der Waals surface area contributed by atoms with Crippen LogP contribution in [0.3, 0.4) is 0 Å². The van der Waals surface area contributed by atoms with E-state index in [1.54, 1.807) is 0 Å². The van der Waals surface area contributed by atoms with Crippen LogP contribution in [0.4, 0.5) is 11.8 Å². The van der Waals surface area contributed by atoms with Crippen LogP contribution in [0.5, 0.6) is 0 Å². The van der Waals surface area contributed by atoms with Crippen LogP contribution >= 0.6 is 0 Å². The van der Waals surface area contributed by atoms with E-state index in [1.165, 1.54) is 11.1 Å². The van der Waals surface area contributed by atoms with Crippen LogP contribution in [-0.2, 0) is 14.8 Å². The first-order chi connectivity index (χ1) is 9.30. The molecule has 1 aliphatic heterocycles. The summed E-state index contributed by atoms with van der Waals surface area (Å²) in [6.07, 6.45) is 1.28. The molecule has 1 aliphatic rings. The predicted molar refractivity (Wildman–Crippen MR) is 69.6 cm³/mol. The van der Waals surface area contributed by atoms with Crippen LogP contribution in [0.25, 0.3) is 0 Å². The minimum atomic E-state index is -3.64. The molecule has 0 bridgehead atoms. The maximum Gasteiger partial charge on any atom is 0.234 e. The number of primary sulfonamides is 1. The molecule has 0 spiro atoms. The number of nitrogens with two attached hydrogens (primary N) is 2. The molecular weight excluding hydrogens is 284 g/mol. The Morgan fingerprint density at radius 1 is 1.55 bits per heavy atom. The maximum atomic E-state index is 11.8. The van der Waals surface area contributed by atoms with E-state index in [0.29, 0.717) is 0 Å².